The zero-order chi connectivity index (χ0) is 16.2. The lowest BCUT2D eigenvalue weighted by molar-refractivity contribution is 0.461. The quantitative estimate of drug-likeness (QED) is 0.670. The number of nitrogens with two attached hydrogens (primary N) is 1. The van der Waals surface area contributed by atoms with Crippen LogP contribution in [0.4, 0.5) is 5.69 Å². The van der Waals surface area contributed by atoms with Crippen molar-refractivity contribution in [1.82, 2.24) is 4.98 Å². The van der Waals surface area contributed by atoms with Crippen molar-refractivity contribution in [2.24, 2.45) is 10.7 Å². The van der Waals surface area contributed by atoms with Crippen molar-refractivity contribution in [2.75, 3.05) is 5.32 Å². The largest absolute Gasteiger partial charge is 0.443 e. The van der Waals surface area contributed by atoms with Crippen LogP contribution in [0, 0.1) is 6.92 Å². The molecule has 1 aliphatic carbocycles. The smallest absolute Gasteiger partial charge is 0.194 e. The summed E-state index contributed by atoms with van der Waals surface area (Å²) in [6.07, 6.45) is 5.55. The van der Waals surface area contributed by atoms with Gasteiger partial charge in [-0.25, -0.2) is 9.98 Å². The number of oxazole rings is 1. The molecule has 1 aliphatic rings. The van der Waals surface area contributed by atoms with Gasteiger partial charge in [0.25, 0.3) is 0 Å². The Labute approximate surface area is 137 Å². The lowest BCUT2D eigenvalue weighted by atomic mass is 9.90. The molecule has 23 heavy (non-hydrogen) atoms. The minimum Gasteiger partial charge on any atom is -0.443 e. The summed E-state index contributed by atoms with van der Waals surface area (Å²) in [5.41, 5.74) is 10.8. The van der Waals surface area contributed by atoms with E-state index in [0.717, 1.165) is 42.3 Å². The summed E-state index contributed by atoms with van der Waals surface area (Å²) in [5, 5.41) is 3.25. The van der Waals surface area contributed by atoms with E-state index in [1.807, 2.05) is 13.8 Å². The first-order chi connectivity index (χ1) is 11.2. The van der Waals surface area contributed by atoms with E-state index in [0.29, 0.717) is 12.5 Å². The molecule has 0 amide bonds. The SMILES string of the molecule is CCc1nc(C)c(CN=C(N)Nc2cccc3c2CCCC3)o1. The summed E-state index contributed by atoms with van der Waals surface area (Å²) in [6, 6.07) is 6.35. The molecular formula is C18H24N4O. The normalized spacial score (nSPS) is 14.6. The van der Waals surface area contributed by atoms with Crippen LogP contribution in [0.15, 0.2) is 27.6 Å². The third kappa shape index (κ3) is 3.55. The maximum atomic E-state index is 6.05. The predicted octanol–water partition coefficient (Wildman–Crippen LogP) is 3.35. The van der Waals surface area contributed by atoms with Crippen molar-refractivity contribution in [3.05, 3.63) is 46.7 Å². The molecule has 0 radical (unpaired) electrons. The molecule has 1 aromatic carbocycles. The van der Waals surface area contributed by atoms with Crippen LogP contribution in [0.3, 0.4) is 0 Å². The summed E-state index contributed by atoms with van der Waals surface area (Å²) in [4.78, 5) is 8.75. The Kier molecular flexibility index (Phi) is 4.65. The molecule has 0 saturated carbocycles. The second-order valence-electron chi connectivity index (χ2n) is 5.95. The van der Waals surface area contributed by atoms with Crippen molar-refractivity contribution in [3.63, 3.8) is 0 Å². The molecule has 2 aromatic rings. The minimum atomic E-state index is 0.409. The zero-order valence-corrected chi connectivity index (χ0v) is 13.9. The fourth-order valence-corrected chi connectivity index (χ4v) is 3.02. The molecule has 122 valence electrons. The minimum absolute atomic E-state index is 0.409. The Balaban J connectivity index is 1.71. The second-order valence-corrected chi connectivity index (χ2v) is 5.95. The number of hydrogen-bond donors (Lipinski definition) is 2. The number of aromatic nitrogens is 1. The second kappa shape index (κ2) is 6.86. The van der Waals surface area contributed by atoms with Crippen molar-refractivity contribution >= 4 is 11.6 Å². The van der Waals surface area contributed by atoms with E-state index in [1.165, 1.54) is 24.0 Å². The van der Waals surface area contributed by atoms with Crippen molar-refractivity contribution in [3.8, 4) is 0 Å². The molecule has 0 spiro atoms. The molecular weight excluding hydrogens is 288 g/mol. The van der Waals surface area contributed by atoms with Crippen LogP contribution in [-0.4, -0.2) is 10.9 Å². The number of nitrogens with zero attached hydrogens (tertiary/aromatic N) is 2. The molecule has 0 saturated heterocycles. The standard InChI is InChI=1S/C18H24N4O/c1-3-17-21-12(2)16(23-17)11-20-18(19)22-15-10-6-8-13-7-4-5-9-14(13)15/h6,8,10H,3-5,7,9,11H2,1-2H3,(H3,19,20,22). The van der Waals surface area contributed by atoms with Crippen molar-refractivity contribution in [2.45, 2.75) is 52.5 Å². The van der Waals surface area contributed by atoms with E-state index < -0.39 is 0 Å². The lowest BCUT2D eigenvalue weighted by Gasteiger charge is -2.19. The third-order valence-electron chi connectivity index (χ3n) is 4.29. The highest BCUT2D eigenvalue weighted by atomic mass is 16.4. The van der Waals surface area contributed by atoms with Crippen LogP contribution >= 0.6 is 0 Å². The van der Waals surface area contributed by atoms with Crippen LogP contribution in [0.1, 0.15) is 48.2 Å². The fourth-order valence-electron chi connectivity index (χ4n) is 3.02. The predicted molar refractivity (Wildman–Crippen MR) is 92.7 cm³/mol. The van der Waals surface area contributed by atoms with E-state index in [1.54, 1.807) is 0 Å². The maximum Gasteiger partial charge on any atom is 0.194 e. The summed E-state index contributed by atoms with van der Waals surface area (Å²) in [6.45, 7) is 4.37. The van der Waals surface area contributed by atoms with Gasteiger partial charge in [-0.1, -0.05) is 19.1 Å². The van der Waals surface area contributed by atoms with Gasteiger partial charge in [-0.05, 0) is 49.8 Å². The van der Waals surface area contributed by atoms with Gasteiger partial charge in [0.15, 0.2) is 11.9 Å². The molecule has 0 fully saturated rings. The third-order valence-corrected chi connectivity index (χ3v) is 4.29. The van der Waals surface area contributed by atoms with E-state index in [4.69, 9.17) is 10.2 Å². The topological polar surface area (TPSA) is 76.4 Å². The molecule has 3 N–H and O–H groups in total. The number of rotatable bonds is 4. The molecule has 3 rings (SSSR count). The maximum absolute atomic E-state index is 6.05. The molecule has 0 atom stereocenters. The van der Waals surface area contributed by atoms with E-state index in [-0.39, 0.29) is 0 Å². The average Bonchev–Trinajstić information content (AvgIpc) is 2.93. The first-order valence-corrected chi connectivity index (χ1v) is 8.30. The molecule has 1 aromatic heterocycles. The number of benzene rings is 1. The van der Waals surface area contributed by atoms with Gasteiger partial charge in [0.2, 0.25) is 0 Å². The van der Waals surface area contributed by atoms with Crippen LogP contribution in [0.5, 0.6) is 0 Å². The highest BCUT2D eigenvalue weighted by Gasteiger charge is 2.13. The van der Waals surface area contributed by atoms with Crippen molar-refractivity contribution < 1.29 is 4.42 Å². The van der Waals surface area contributed by atoms with Gasteiger partial charge in [0.1, 0.15) is 12.3 Å². The highest BCUT2D eigenvalue weighted by Crippen LogP contribution is 2.27. The van der Waals surface area contributed by atoms with Gasteiger partial charge in [0.05, 0.1) is 5.69 Å². The van der Waals surface area contributed by atoms with Gasteiger partial charge in [-0.15, -0.1) is 0 Å². The number of aryl methyl sites for hydroxylation is 3. The van der Waals surface area contributed by atoms with Gasteiger partial charge in [-0.2, -0.15) is 0 Å². The van der Waals surface area contributed by atoms with Crippen LogP contribution in [0.25, 0.3) is 0 Å². The number of aliphatic imine (C=N–C) groups is 1. The molecule has 0 bridgehead atoms. The molecule has 5 nitrogen and oxygen atoms in total. The van der Waals surface area contributed by atoms with Gasteiger partial charge in [-0.3, -0.25) is 0 Å². The molecule has 1 heterocycles. The van der Waals surface area contributed by atoms with E-state index >= 15 is 0 Å². The monoisotopic (exact) mass is 312 g/mol. The average molecular weight is 312 g/mol. The number of guanidine groups is 1. The number of anilines is 1. The van der Waals surface area contributed by atoms with Crippen LogP contribution in [-0.2, 0) is 25.8 Å². The molecule has 0 unspecified atom stereocenters. The van der Waals surface area contributed by atoms with E-state index in [2.05, 4.69) is 33.5 Å². The van der Waals surface area contributed by atoms with Gasteiger partial charge < -0.3 is 15.5 Å². The fraction of sp³-hybridized carbons (Fsp3) is 0.444. The summed E-state index contributed by atoms with van der Waals surface area (Å²) < 4.78 is 5.65. The Morgan fingerprint density at radius 1 is 1.35 bits per heavy atom. The first kappa shape index (κ1) is 15.6. The summed E-state index contributed by atoms with van der Waals surface area (Å²) in [5.74, 6) is 1.94. The highest BCUT2D eigenvalue weighted by molar-refractivity contribution is 5.93. The van der Waals surface area contributed by atoms with Gasteiger partial charge in [0, 0.05) is 12.1 Å². The van der Waals surface area contributed by atoms with Crippen LogP contribution in [0.2, 0.25) is 0 Å². The first-order valence-electron chi connectivity index (χ1n) is 8.30. The Morgan fingerprint density at radius 2 is 2.17 bits per heavy atom. The van der Waals surface area contributed by atoms with Gasteiger partial charge >= 0.3 is 0 Å². The summed E-state index contributed by atoms with van der Waals surface area (Å²) >= 11 is 0. The lowest BCUT2D eigenvalue weighted by Crippen LogP contribution is -2.24. The van der Waals surface area contributed by atoms with Crippen molar-refractivity contribution in [1.29, 1.82) is 0 Å². The molecule has 5 heteroatoms. The van der Waals surface area contributed by atoms with Crippen LogP contribution < -0.4 is 11.1 Å². The Morgan fingerprint density at radius 3 is 2.96 bits per heavy atom. The zero-order valence-electron chi connectivity index (χ0n) is 13.9. The number of nitrogens with one attached hydrogen (secondary N) is 1. The number of fused-ring (bicyclic) bond motifs is 1. The summed E-state index contributed by atoms with van der Waals surface area (Å²) in [7, 11) is 0. The van der Waals surface area contributed by atoms with E-state index in [9.17, 15) is 0 Å². The number of hydrogen-bond acceptors (Lipinski definition) is 3. The Bertz CT molecular complexity index is 718. The Hall–Kier alpha value is -2.30. The molecule has 0 aliphatic heterocycles.